The topological polar surface area (TPSA) is 34.4 Å². The van der Waals surface area contributed by atoms with Gasteiger partial charge in [-0.25, -0.2) is 0 Å². The fraction of sp³-hybridized carbons (Fsp3) is 0.111. The van der Waals surface area contributed by atoms with Crippen molar-refractivity contribution in [3.63, 3.8) is 0 Å². The van der Waals surface area contributed by atoms with Gasteiger partial charge >= 0.3 is 0 Å². The Labute approximate surface area is 143 Å². The third-order valence-electron chi connectivity index (χ3n) is 3.54. The highest BCUT2D eigenvalue weighted by molar-refractivity contribution is 7.09. The molecule has 0 aliphatic rings. The summed E-state index contributed by atoms with van der Waals surface area (Å²) in [5.41, 5.74) is 2.73. The van der Waals surface area contributed by atoms with E-state index in [0.717, 1.165) is 16.1 Å². The van der Waals surface area contributed by atoms with Crippen molar-refractivity contribution in [1.29, 1.82) is 0 Å². The molecule has 1 heterocycles. The van der Waals surface area contributed by atoms with Crippen LogP contribution in [-0.2, 0) is 7.05 Å². The normalized spacial score (nSPS) is 11.7. The van der Waals surface area contributed by atoms with Crippen molar-refractivity contribution in [1.82, 2.24) is 4.57 Å². The summed E-state index contributed by atoms with van der Waals surface area (Å²) in [6, 6.07) is 16.9. The SMILES string of the molecule is Cc1sc(=NC(=O)c2ccc(Cl)cc2)n(C)c1-c1ccccc1. The zero-order valence-corrected chi connectivity index (χ0v) is 14.4. The number of hydrogen-bond acceptors (Lipinski definition) is 2. The van der Waals surface area contributed by atoms with Gasteiger partial charge in [-0.2, -0.15) is 4.99 Å². The third kappa shape index (κ3) is 3.28. The molecule has 0 aliphatic heterocycles. The molecule has 3 aromatic rings. The van der Waals surface area contributed by atoms with Crippen LogP contribution in [0, 0.1) is 6.92 Å². The number of aromatic nitrogens is 1. The van der Waals surface area contributed by atoms with Crippen molar-refractivity contribution < 1.29 is 4.79 Å². The van der Waals surface area contributed by atoms with Gasteiger partial charge in [-0.05, 0) is 36.8 Å². The molecule has 0 radical (unpaired) electrons. The molecule has 0 N–H and O–H groups in total. The third-order valence-corrected chi connectivity index (χ3v) is 4.84. The first kappa shape index (κ1) is 15.7. The maximum absolute atomic E-state index is 12.3. The Kier molecular flexibility index (Phi) is 4.46. The molecule has 0 aliphatic carbocycles. The van der Waals surface area contributed by atoms with E-state index in [1.807, 2.05) is 36.7 Å². The van der Waals surface area contributed by atoms with Crippen LogP contribution in [-0.4, -0.2) is 10.5 Å². The first-order valence-electron chi connectivity index (χ1n) is 7.13. The molecule has 1 amide bonds. The molecule has 1 aromatic heterocycles. The van der Waals surface area contributed by atoms with Gasteiger partial charge in [0.25, 0.3) is 5.91 Å². The number of amides is 1. The summed E-state index contributed by atoms with van der Waals surface area (Å²) in [5.74, 6) is -0.266. The standard InChI is InChI=1S/C18H15ClN2OS/c1-12-16(13-6-4-3-5-7-13)21(2)18(23-12)20-17(22)14-8-10-15(19)11-9-14/h3-11H,1-2H3. The van der Waals surface area contributed by atoms with E-state index in [2.05, 4.69) is 17.1 Å². The van der Waals surface area contributed by atoms with E-state index in [4.69, 9.17) is 11.6 Å². The lowest BCUT2D eigenvalue weighted by molar-refractivity contribution is 0.0998. The molecule has 3 nitrogen and oxygen atoms in total. The fourth-order valence-corrected chi connectivity index (χ4v) is 3.53. The highest BCUT2D eigenvalue weighted by atomic mass is 35.5. The number of hydrogen-bond donors (Lipinski definition) is 0. The molecule has 2 aromatic carbocycles. The summed E-state index contributed by atoms with van der Waals surface area (Å²) in [4.78, 5) is 18.4. The van der Waals surface area contributed by atoms with Gasteiger partial charge in [0.15, 0.2) is 4.80 Å². The van der Waals surface area contributed by atoms with Gasteiger partial charge in [-0.1, -0.05) is 41.9 Å². The van der Waals surface area contributed by atoms with Gasteiger partial charge in [0, 0.05) is 22.5 Å². The summed E-state index contributed by atoms with van der Waals surface area (Å²) in [5, 5.41) is 0.602. The maximum Gasteiger partial charge on any atom is 0.279 e. The van der Waals surface area contributed by atoms with Crippen molar-refractivity contribution in [2.75, 3.05) is 0 Å². The summed E-state index contributed by atoms with van der Waals surface area (Å²) in [6.07, 6.45) is 0. The number of thiazole rings is 1. The molecule has 116 valence electrons. The molecule has 0 saturated heterocycles. The smallest absolute Gasteiger partial charge is 0.279 e. The molecule has 0 spiro atoms. The van der Waals surface area contributed by atoms with Gasteiger partial charge < -0.3 is 4.57 Å². The molecule has 0 unspecified atom stereocenters. The van der Waals surface area contributed by atoms with Crippen molar-refractivity contribution >= 4 is 28.8 Å². The molecule has 3 rings (SSSR count). The zero-order chi connectivity index (χ0) is 16.4. The van der Waals surface area contributed by atoms with E-state index in [1.165, 1.54) is 11.3 Å². The Hall–Kier alpha value is -2.17. The van der Waals surface area contributed by atoms with Crippen LogP contribution in [0.25, 0.3) is 11.3 Å². The van der Waals surface area contributed by atoms with Gasteiger partial charge in [0.2, 0.25) is 0 Å². The van der Waals surface area contributed by atoms with Crippen LogP contribution >= 0.6 is 22.9 Å². The first-order valence-corrected chi connectivity index (χ1v) is 8.32. The fourth-order valence-electron chi connectivity index (χ4n) is 2.42. The van der Waals surface area contributed by atoms with Gasteiger partial charge in [0.05, 0.1) is 5.69 Å². The van der Waals surface area contributed by atoms with E-state index in [9.17, 15) is 4.79 Å². The quantitative estimate of drug-likeness (QED) is 0.677. The highest BCUT2D eigenvalue weighted by Crippen LogP contribution is 2.24. The molecular formula is C18H15ClN2OS. The van der Waals surface area contributed by atoms with Gasteiger partial charge in [-0.3, -0.25) is 4.79 Å². The number of nitrogens with zero attached hydrogens (tertiary/aromatic N) is 2. The van der Waals surface area contributed by atoms with Crippen LogP contribution < -0.4 is 4.80 Å². The predicted molar refractivity (Wildman–Crippen MR) is 94.8 cm³/mol. The Bertz CT molecular complexity index is 908. The van der Waals surface area contributed by atoms with E-state index < -0.39 is 0 Å². The molecule has 0 atom stereocenters. The minimum atomic E-state index is -0.266. The lowest BCUT2D eigenvalue weighted by atomic mass is 10.1. The Morgan fingerprint density at radius 2 is 1.74 bits per heavy atom. The predicted octanol–water partition coefficient (Wildman–Crippen LogP) is 4.46. The summed E-state index contributed by atoms with van der Waals surface area (Å²) in [7, 11) is 1.93. The first-order chi connectivity index (χ1) is 11.1. The Morgan fingerprint density at radius 1 is 1.09 bits per heavy atom. The van der Waals surface area contributed by atoms with E-state index in [-0.39, 0.29) is 5.91 Å². The molecule has 0 saturated carbocycles. The summed E-state index contributed by atoms with van der Waals surface area (Å²) >= 11 is 7.36. The van der Waals surface area contributed by atoms with Gasteiger partial charge in [0.1, 0.15) is 0 Å². The van der Waals surface area contributed by atoms with Crippen LogP contribution in [0.2, 0.25) is 5.02 Å². The lowest BCUT2D eigenvalue weighted by Gasteiger charge is -2.04. The van der Waals surface area contributed by atoms with E-state index >= 15 is 0 Å². The lowest BCUT2D eigenvalue weighted by Crippen LogP contribution is -2.14. The van der Waals surface area contributed by atoms with Crippen molar-refractivity contribution in [3.8, 4) is 11.3 Å². The van der Waals surface area contributed by atoms with Crippen molar-refractivity contribution in [2.24, 2.45) is 12.0 Å². The van der Waals surface area contributed by atoms with Crippen molar-refractivity contribution in [2.45, 2.75) is 6.92 Å². The number of aryl methyl sites for hydroxylation is 1. The van der Waals surface area contributed by atoms with E-state index in [1.54, 1.807) is 24.3 Å². The van der Waals surface area contributed by atoms with Gasteiger partial charge in [-0.15, -0.1) is 11.3 Å². The second-order valence-electron chi connectivity index (χ2n) is 5.14. The Balaban J connectivity index is 2.04. The van der Waals surface area contributed by atoms with Crippen LogP contribution in [0.1, 0.15) is 15.2 Å². The second kappa shape index (κ2) is 6.52. The second-order valence-corrected chi connectivity index (χ2v) is 6.76. The van der Waals surface area contributed by atoms with Crippen LogP contribution in [0.15, 0.2) is 59.6 Å². The monoisotopic (exact) mass is 342 g/mol. The number of halogens is 1. The molecule has 23 heavy (non-hydrogen) atoms. The minimum absolute atomic E-state index is 0.266. The largest absolute Gasteiger partial charge is 0.319 e. The maximum atomic E-state index is 12.3. The van der Waals surface area contributed by atoms with Crippen LogP contribution in [0.5, 0.6) is 0 Å². The van der Waals surface area contributed by atoms with Crippen LogP contribution in [0.4, 0.5) is 0 Å². The number of carbonyl (C=O) groups is 1. The van der Waals surface area contributed by atoms with E-state index in [0.29, 0.717) is 15.4 Å². The number of benzene rings is 2. The number of rotatable bonds is 2. The highest BCUT2D eigenvalue weighted by Gasteiger charge is 2.11. The minimum Gasteiger partial charge on any atom is -0.319 e. The average Bonchev–Trinajstić information content (AvgIpc) is 2.82. The van der Waals surface area contributed by atoms with Crippen LogP contribution in [0.3, 0.4) is 0 Å². The molecular weight excluding hydrogens is 328 g/mol. The molecule has 5 heteroatoms. The Morgan fingerprint density at radius 3 is 2.39 bits per heavy atom. The summed E-state index contributed by atoms with van der Waals surface area (Å²) in [6.45, 7) is 2.04. The summed E-state index contributed by atoms with van der Waals surface area (Å²) < 4.78 is 1.96. The van der Waals surface area contributed by atoms with Crippen molar-refractivity contribution in [3.05, 3.63) is 74.9 Å². The molecule has 0 bridgehead atoms. The number of carbonyl (C=O) groups excluding carboxylic acids is 1. The average molecular weight is 343 g/mol. The zero-order valence-electron chi connectivity index (χ0n) is 12.8. The molecule has 0 fully saturated rings.